The molecule has 2 atom stereocenters. The predicted molar refractivity (Wildman–Crippen MR) is 139 cm³/mol. The molecule has 0 aliphatic carbocycles. The van der Waals surface area contributed by atoms with Crippen LogP contribution in [0.2, 0.25) is 5.02 Å². The SMILES string of the molecule is CC(=O)c1cn(CC(=O)N2CC(F)CC2C(=O)NCc2cccc(Cl)c2F)c2cc(NS(=O)(=O)C(F)(F)F)ccc12. The zero-order valence-corrected chi connectivity index (χ0v) is 22.7. The fourth-order valence-corrected chi connectivity index (χ4v) is 5.26. The molecule has 3 aromatic rings. The Balaban J connectivity index is 1.58. The molecule has 4 rings (SSSR count). The zero-order valence-electron chi connectivity index (χ0n) is 21.1. The second kappa shape index (κ2) is 11.3. The lowest BCUT2D eigenvalue weighted by Crippen LogP contribution is -2.46. The number of hydrogen-bond donors (Lipinski definition) is 2. The third-order valence-electron chi connectivity index (χ3n) is 6.48. The first-order chi connectivity index (χ1) is 19.1. The summed E-state index contributed by atoms with van der Waals surface area (Å²) in [7, 11) is -5.75. The van der Waals surface area contributed by atoms with Crippen LogP contribution in [0, 0.1) is 5.82 Å². The molecule has 220 valence electrons. The highest BCUT2D eigenvalue weighted by Crippen LogP contribution is 2.30. The Kier molecular flexibility index (Phi) is 8.32. The van der Waals surface area contributed by atoms with Gasteiger partial charge in [0.2, 0.25) is 11.8 Å². The first kappa shape index (κ1) is 30.2. The van der Waals surface area contributed by atoms with Gasteiger partial charge in [-0.05, 0) is 25.1 Å². The van der Waals surface area contributed by atoms with E-state index in [4.69, 9.17) is 11.6 Å². The second-order valence-electron chi connectivity index (χ2n) is 9.34. The molecular weight excluding hydrogens is 599 g/mol. The number of rotatable bonds is 8. The van der Waals surface area contributed by atoms with Gasteiger partial charge in [0.1, 0.15) is 24.6 Å². The van der Waals surface area contributed by atoms with Crippen LogP contribution in [-0.2, 0) is 32.7 Å². The van der Waals surface area contributed by atoms with Gasteiger partial charge in [-0.1, -0.05) is 29.8 Å². The van der Waals surface area contributed by atoms with Crippen molar-refractivity contribution in [3.8, 4) is 0 Å². The molecule has 2 heterocycles. The lowest BCUT2D eigenvalue weighted by atomic mass is 10.1. The maximum absolute atomic E-state index is 14.4. The number of carbonyl (C=O) groups is 3. The van der Waals surface area contributed by atoms with Crippen LogP contribution in [0.1, 0.15) is 29.3 Å². The Morgan fingerprint density at radius 2 is 1.85 bits per heavy atom. The van der Waals surface area contributed by atoms with Crippen molar-refractivity contribution in [2.24, 2.45) is 0 Å². The molecule has 1 fully saturated rings. The van der Waals surface area contributed by atoms with Gasteiger partial charge in [-0.3, -0.25) is 19.1 Å². The third-order valence-corrected chi connectivity index (χ3v) is 7.89. The number of sulfonamides is 1. The highest BCUT2D eigenvalue weighted by Gasteiger charge is 2.46. The molecule has 0 radical (unpaired) electrons. The summed E-state index contributed by atoms with van der Waals surface area (Å²) in [4.78, 5) is 39.3. The zero-order chi connectivity index (χ0) is 30.3. The highest BCUT2D eigenvalue weighted by atomic mass is 35.5. The molecule has 2 aromatic carbocycles. The number of fused-ring (bicyclic) bond motifs is 1. The summed E-state index contributed by atoms with van der Waals surface area (Å²) in [6, 6.07) is 6.22. The van der Waals surface area contributed by atoms with Gasteiger partial charge in [0.15, 0.2) is 5.78 Å². The van der Waals surface area contributed by atoms with Crippen LogP contribution < -0.4 is 10.0 Å². The van der Waals surface area contributed by atoms with E-state index in [1.807, 2.05) is 0 Å². The summed E-state index contributed by atoms with van der Waals surface area (Å²) in [5.41, 5.74) is -5.85. The number of anilines is 1. The van der Waals surface area contributed by atoms with E-state index in [-0.39, 0.29) is 40.0 Å². The van der Waals surface area contributed by atoms with E-state index in [0.717, 1.165) is 17.0 Å². The minimum absolute atomic E-state index is 0.0411. The smallest absolute Gasteiger partial charge is 0.350 e. The number of likely N-dealkylation sites (tertiary alicyclic amines) is 1. The average Bonchev–Trinajstić information content (AvgIpc) is 3.44. The highest BCUT2D eigenvalue weighted by molar-refractivity contribution is 7.93. The Bertz CT molecular complexity index is 1640. The van der Waals surface area contributed by atoms with Crippen molar-refractivity contribution in [3.63, 3.8) is 0 Å². The number of amides is 2. The van der Waals surface area contributed by atoms with Gasteiger partial charge in [-0.25, -0.2) is 8.78 Å². The monoisotopic (exact) mass is 620 g/mol. The molecule has 1 aliphatic heterocycles. The van der Waals surface area contributed by atoms with Crippen molar-refractivity contribution in [1.82, 2.24) is 14.8 Å². The van der Waals surface area contributed by atoms with Gasteiger partial charge in [0.05, 0.1) is 22.8 Å². The van der Waals surface area contributed by atoms with E-state index in [9.17, 15) is 44.8 Å². The van der Waals surface area contributed by atoms with Crippen molar-refractivity contribution in [3.05, 3.63) is 64.6 Å². The summed E-state index contributed by atoms with van der Waals surface area (Å²) in [6.45, 7) is -0.0451. The number of Topliss-reactive ketones (excluding diaryl/α,β-unsaturated/α-hetero) is 1. The Morgan fingerprint density at radius 1 is 1.15 bits per heavy atom. The molecular formula is C25H22ClF5N4O5S. The van der Waals surface area contributed by atoms with E-state index in [1.54, 1.807) is 0 Å². The van der Waals surface area contributed by atoms with Crippen molar-refractivity contribution in [1.29, 1.82) is 0 Å². The van der Waals surface area contributed by atoms with Crippen LogP contribution in [0.5, 0.6) is 0 Å². The quantitative estimate of drug-likeness (QED) is 0.290. The summed E-state index contributed by atoms with van der Waals surface area (Å²) in [5.74, 6) is -2.69. The number of ketones is 1. The van der Waals surface area contributed by atoms with Gasteiger partial charge in [0.25, 0.3) is 0 Å². The Morgan fingerprint density at radius 3 is 2.51 bits per heavy atom. The fourth-order valence-electron chi connectivity index (χ4n) is 4.51. The van der Waals surface area contributed by atoms with Crippen LogP contribution >= 0.6 is 11.6 Å². The number of benzene rings is 2. The van der Waals surface area contributed by atoms with Crippen LogP contribution in [0.4, 0.5) is 27.6 Å². The molecule has 0 bridgehead atoms. The molecule has 1 aromatic heterocycles. The number of halogens is 6. The molecule has 2 N–H and O–H groups in total. The van der Waals surface area contributed by atoms with Gasteiger partial charge in [-0.15, -0.1) is 0 Å². The minimum Gasteiger partial charge on any atom is -0.350 e. The molecule has 2 unspecified atom stereocenters. The normalized spacial score (nSPS) is 17.6. The lowest BCUT2D eigenvalue weighted by molar-refractivity contribution is -0.139. The van der Waals surface area contributed by atoms with Gasteiger partial charge >= 0.3 is 15.5 Å². The van der Waals surface area contributed by atoms with Gasteiger partial charge < -0.3 is 14.8 Å². The van der Waals surface area contributed by atoms with Crippen LogP contribution in [0.15, 0.2) is 42.6 Å². The number of nitrogens with one attached hydrogen (secondary N) is 2. The molecule has 16 heteroatoms. The first-order valence-electron chi connectivity index (χ1n) is 12.0. The molecule has 0 spiro atoms. The number of nitrogens with zero attached hydrogens (tertiary/aromatic N) is 2. The van der Waals surface area contributed by atoms with E-state index in [2.05, 4.69) is 5.32 Å². The maximum atomic E-state index is 14.4. The van der Waals surface area contributed by atoms with Crippen LogP contribution in [0.3, 0.4) is 0 Å². The summed E-state index contributed by atoms with van der Waals surface area (Å²) in [5, 5.41) is 2.53. The van der Waals surface area contributed by atoms with Crippen LogP contribution in [0.25, 0.3) is 10.9 Å². The van der Waals surface area contributed by atoms with E-state index < -0.39 is 69.9 Å². The van der Waals surface area contributed by atoms with Crippen molar-refractivity contribution >= 4 is 55.8 Å². The van der Waals surface area contributed by atoms with E-state index in [0.29, 0.717) is 0 Å². The standard InChI is InChI=1S/C25H22ClF5N4O5S/c1-13(36)18-11-34(20-8-16(5-6-17(18)20)33-41(39,40)25(29,30)31)12-22(37)35-10-15(27)7-21(35)24(38)32-9-14-3-2-4-19(26)23(14)28/h2-6,8,11,15,21,33H,7,9-10,12H2,1H3,(H,32,38). The third kappa shape index (κ3) is 6.30. The van der Waals surface area contributed by atoms with E-state index >= 15 is 0 Å². The number of carbonyl (C=O) groups excluding carboxylic acids is 3. The van der Waals surface area contributed by atoms with Gasteiger partial charge in [-0.2, -0.15) is 21.6 Å². The van der Waals surface area contributed by atoms with Crippen molar-refractivity contribution in [2.45, 2.75) is 44.2 Å². The average molecular weight is 621 g/mol. The van der Waals surface area contributed by atoms with E-state index in [1.165, 1.54) is 46.7 Å². The van der Waals surface area contributed by atoms with Crippen LogP contribution in [-0.4, -0.2) is 59.7 Å². The molecule has 41 heavy (non-hydrogen) atoms. The Hall–Kier alpha value is -3.72. The van der Waals surface area contributed by atoms with Crippen molar-refractivity contribution < 1.29 is 44.8 Å². The molecule has 1 aliphatic rings. The summed E-state index contributed by atoms with van der Waals surface area (Å²) < 4.78 is 92.8. The Labute approximate surface area is 235 Å². The largest absolute Gasteiger partial charge is 0.516 e. The molecule has 1 saturated heterocycles. The minimum atomic E-state index is -5.75. The number of alkyl halides is 4. The topological polar surface area (TPSA) is 118 Å². The molecule has 9 nitrogen and oxygen atoms in total. The number of aromatic nitrogens is 1. The first-order valence-corrected chi connectivity index (χ1v) is 13.8. The van der Waals surface area contributed by atoms with Crippen molar-refractivity contribution in [2.75, 3.05) is 11.3 Å². The lowest BCUT2D eigenvalue weighted by Gasteiger charge is -2.24. The summed E-state index contributed by atoms with van der Waals surface area (Å²) in [6.07, 6.45) is -0.619. The number of hydrogen-bond acceptors (Lipinski definition) is 5. The molecule has 0 saturated carbocycles. The second-order valence-corrected chi connectivity index (χ2v) is 11.4. The summed E-state index contributed by atoms with van der Waals surface area (Å²) >= 11 is 5.74. The molecule has 2 amide bonds. The maximum Gasteiger partial charge on any atom is 0.516 e. The fraction of sp³-hybridized carbons (Fsp3) is 0.320. The van der Waals surface area contributed by atoms with Gasteiger partial charge in [0, 0.05) is 35.7 Å². The predicted octanol–water partition coefficient (Wildman–Crippen LogP) is 4.15.